The lowest BCUT2D eigenvalue weighted by Gasteiger charge is -2.06. The van der Waals surface area contributed by atoms with Gasteiger partial charge in [0, 0.05) is 11.6 Å². The van der Waals surface area contributed by atoms with Crippen LogP contribution in [0.25, 0.3) is 0 Å². The first-order valence-electron chi connectivity index (χ1n) is 6.91. The molecule has 2 rings (SSSR count). The van der Waals surface area contributed by atoms with E-state index in [4.69, 9.17) is 17.3 Å². The Balaban J connectivity index is 2.24. The summed E-state index contributed by atoms with van der Waals surface area (Å²) >= 11 is 6.15. The van der Waals surface area contributed by atoms with Crippen molar-refractivity contribution in [1.29, 1.82) is 5.26 Å². The first kappa shape index (κ1) is 15.2. The lowest BCUT2D eigenvalue weighted by atomic mass is 10.2. The van der Waals surface area contributed by atoms with Crippen LogP contribution < -0.4 is 11.1 Å². The van der Waals surface area contributed by atoms with Crippen LogP contribution in [0.5, 0.6) is 0 Å². The molecule has 0 amide bonds. The third-order valence-electron chi connectivity index (χ3n) is 3.20. The second-order valence-electron chi connectivity index (χ2n) is 4.75. The number of halogens is 1. The minimum absolute atomic E-state index is 0.358. The number of nitrogens with one attached hydrogen (secondary N) is 1. The van der Waals surface area contributed by atoms with E-state index in [0.717, 1.165) is 24.9 Å². The molecule has 0 aliphatic carbocycles. The quantitative estimate of drug-likeness (QED) is 0.803. The third kappa shape index (κ3) is 3.47. The zero-order valence-corrected chi connectivity index (χ0v) is 12.7. The molecule has 0 atom stereocenters. The molecular formula is C15H18ClN5. The highest BCUT2D eigenvalue weighted by Crippen LogP contribution is 2.23. The summed E-state index contributed by atoms with van der Waals surface area (Å²) in [7, 11) is 0. The van der Waals surface area contributed by atoms with Crippen molar-refractivity contribution >= 4 is 23.2 Å². The molecule has 5 nitrogen and oxygen atoms in total. The van der Waals surface area contributed by atoms with Crippen LogP contribution in [-0.2, 0) is 6.54 Å². The number of aromatic nitrogens is 2. The zero-order valence-electron chi connectivity index (χ0n) is 11.9. The first-order valence-corrected chi connectivity index (χ1v) is 7.28. The van der Waals surface area contributed by atoms with Gasteiger partial charge in [0.25, 0.3) is 0 Å². The molecule has 6 heteroatoms. The number of nitrogens with zero attached hydrogens (tertiary/aromatic N) is 3. The van der Waals surface area contributed by atoms with Gasteiger partial charge in [0.1, 0.15) is 17.5 Å². The first-order chi connectivity index (χ1) is 10.2. The van der Waals surface area contributed by atoms with Gasteiger partial charge in [0.2, 0.25) is 0 Å². The Bertz CT molecular complexity index is 657. The van der Waals surface area contributed by atoms with Crippen molar-refractivity contribution in [1.82, 2.24) is 9.78 Å². The topological polar surface area (TPSA) is 79.7 Å². The summed E-state index contributed by atoms with van der Waals surface area (Å²) in [6, 6.07) is 9.63. The summed E-state index contributed by atoms with van der Waals surface area (Å²) in [5, 5.41) is 17.4. The molecular weight excluding hydrogens is 286 g/mol. The predicted molar refractivity (Wildman–Crippen MR) is 85.3 cm³/mol. The number of nitrogens with two attached hydrogens (primary N) is 1. The molecule has 0 bridgehead atoms. The predicted octanol–water partition coefficient (Wildman–Crippen LogP) is 3.25. The Hall–Kier alpha value is -2.19. The van der Waals surface area contributed by atoms with Crippen LogP contribution in [0.1, 0.15) is 30.9 Å². The average molecular weight is 304 g/mol. The van der Waals surface area contributed by atoms with Crippen molar-refractivity contribution in [2.75, 3.05) is 17.6 Å². The molecule has 3 N–H and O–H groups in total. The maximum atomic E-state index is 9.24. The normalized spacial score (nSPS) is 10.3. The average Bonchev–Trinajstić information content (AvgIpc) is 2.77. The summed E-state index contributed by atoms with van der Waals surface area (Å²) in [6.45, 7) is 3.32. The third-order valence-corrected chi connectivity index (χ3v) is 3.57. The fourth-order valence-corrected chi connectivity index (χ4v) is 2.20. The summed E-state index contributed by atoms with van der Waals surface area (Å²) in [6.07, 6.45) is 2.09. The van der Waals surface area contributed by atoms with Crippen LogP contribution >= 0.6 is 11.6 Å². The van der Waals surface area contributed by atoms with E-state index in [2.05, 4.69) is 23.4 Å². The van der Waals surface area contributed by atoms with Gasteiger partial charge in [-0.05, 0) is 18.1 Å². The van der Waals surface area contributed by atoms with E-state index in [1.54, 1.807) is 4.68 Å². The molecule has 0 saturated heterocycles. The summed E-state index contributed by atoms with van der Waals surface area (Å²) < 4.78 is 1.61. The summed E-state index contributed by atoms with van der Waals surface area (Å²) in [4.78, 5) is 0. The number of hydrogen-bond donors (Lipinski definition) is 2. The van der Waals surface area contributed by atoms with Crippen LogP contribution in [0.15, 0.2) is 24.3 Å². The Labute approximate surface area is 129 Å². The van der Waals surface area contributed by atoms with E-state index >= 15 is 0 Å². The Morgan fingerprint density at radius 1 is 1.43 bits per heavy atom. The van der Waals surface area contributed by atoms with Crippen molar-refractivity contribution in [3.05, 3.63) is 40.4 Å². The standard InChI is InChI=1S/C15H18ClN5/c1-2-3-8-19-15-12(9-17)14(18)21(20-15)10-11-6-4-5-7-13(11)16/h4-7H,2-3,8,10,18H2,1H3,(H,19,20). The van der Waals surface area contributed by atoms with Gasteiger partial charge in [0.05, 0.1) is 6.54 Å². The highest BCUT2D eigenvalue weighted by molar-refractivity contribution is 6.31. The van der Waals surface area contributed by atoms with Crippen LogP contribution in [0.2, 0.25) is 5.02 Å². The maximum Gasteiger partial charge on any atom is 0.168 e. The number of benzene rings is 1. The van der Waals surface area contributed by atoms with Crippen molar-refractivity contribution in [2.24, 2.45) is 0 Å². The van der Waals surface area contributed by atoms with Gasteiger partial charge in [-0.25, -0.2) is 4.68 Å². The van der Waals surface area contributed by atoms with Gasteiger partial charge in [0.15, 0.2) is 5.82 Å². The van der Waals surface area contributed by atoms with Crippen molar-refractivity contribution in [3.8, 4) is 6.07 Å². The van der Waals surface area contributed by atoms with E-state index in [9.17, 15) is 5.26 Å². The number of nitriles is 1. The highest BCUT2D eigenvalue weighted by Gasteiger charge is 2.15. The van der Waals surface area contributed by atoms with Crippen molar-refractivity contribution in [2.45, 2.75) is 26.3 Å². The van der Waals surface area contributed by atoms with Crippen molar-refractivity contribution < 1.29 is 0 Å². The number of hydrogen-bond acceptors (Lipinski definition) is 4. The van der Waals surface area contributed by atoms with Crippen LogP contribution in [0.4, 0.5) is 11.6 Å². The lowest BCUT2D eigenvalue weighted by Crippen LogP contribution is -2.07. The molecule has 0 aliphatic rings. The molecule has 0 unspecified atom stereocenters. The number of rotatable bonds is 6. The van der Waals surface area contributed by atoms with E-state index in [1.807, 2.05) is 24.3 Å². The minimum atomic E-state index is 0.358. The molecule has 21 heavy (non-hydrogen) atoms. The van der Waals surface area contributed by atoms with E-state index < -0.39 is 0 Å². The molecule has 1 aromatic heterocycles. The Kier molecular flexibility index (Phi) is 5.07. The molecule has 2 aromatic rings. The molecule has 1 aromatic carbocycles. The van der Waals surface area contributed by atoms with Crippen molar-refractivity contribution in [3.63, 3.8) is 0 Å². The summed E-state index contributed by atoms with van der Waals surface area (Å²) in [5.41, 5.74) is 7.31. The van der Waals surface area contributed by atoms with Gasteiger partial charge in [-0.15, -0.1) is 0 Å². The number of unbranched alkanes of at least 4 members (excludes halogenated alkanes) is 1. The molecule has 0 radical (unpaired) electrons. The fraction of sp³-hybridized carbons (Fsp3) is 0.333. The van der Waals surface area contributed by atoms with Gasteiger partial charge < -0.3 is 11.1 Å². The zero-order chi connectivity index (χ0) is 15.2. The Morgan fingerprint density at radius 2 is 2.19 bits per heavy atom. The summed E-state index contributed by atoms with van der Waals surface area (Å²) in [5.74, 6) is 0.895. The molecule has 110 valence electrons. The van der Waals surface area contributed by atoms with Gasteiger partial charge >= 0.3 is 0 Å². The van der Waals surface area contributed by atoms with Crippen LogP contribution in [-0.4, -0.2) is 16.3 Å². The monoisotopic (exact) mass is 303 g/mol. The molecule has 0 saturated carbocycles. The van der Waals surface area contributed by atoms with Gasteiger partial charge in [-0.1, -0.05) is 43.1 Å². The van der Waals surface area contributed by atoms with Crippen LogP contribution in [0.3, 0.4) is 0 Å². The van der Waals surface area contributed by atoms with Gasteiger partial charge in [-0.3, -0.25) is 0 Å². The number of nitrogen functional groups attached to an aromatic ring is 1. The number of anilines is 2. The largest absolute Gasteiger partial charge is 0.383 e. The molecule has 0 spiro atoms. The smallest absolute Gasteiger partial charge is 0.168 e. The second kappa shape index (κ2) is 7.00. The van der Waals surface area contributed by atoms with E-state index in [1.165, 1.54) is 0 Å². The van der Waals surface area contributed by atoms with Crippen LogP contribution in [0, 0.1) is 11.3 Å². The Morgan fingerprint density at radius 3 is 2.86 bits per heavy atom. The highest BCUT2D eigenvalue weighted by atomic mass is 35.5. The maximum absolute atomic E-state index is 9.24. The van der Waals surface area contributed by atoms with Gasteiger partial charge in [-0.2, -0.15) is 10.4 Å². The lowest BCUT2D eigenvalue weighted by molar-refractivity contribution is 0.697. The van der Waals surface area contributed by atoms with E-state index in [-0.39, 0.29) is 0 Å². The fourth-order valence-electron chi connectivity index (χ4n) is 2.00. The molecule has 0 fully saturated rings. The van der Waals surface area contributed by atoms with E-state index in [0.29, 0.717) is 28.8 Å². The SMILES string of the molecule is CCCCNc1nn(Cc2ccccc2Cl)c(N)c1C#N. The minimum Gasteiger partial charge on any atom is -0.383 e. The molecule has 1 heterocycles. The second-order valence-corrected chi connectivity index (χ2v) is 5.16. The molecule has 0 aliphatic heterocycles.